The summed E-state index contributed by atoms with van der Waals surface area (Å²) in [6.45, 7) is 3.80. The number of nitrogens with one attached hydrogen (secondary N) is 2. The van der Waals surface area contributed by atoms with Crippen molar-refractivity contribution < 1.29 is 4.79 Å². The highest BCUT2D eigenvalue weighted by molar-refractivity contribution is 6.35. The summed E-state index contributed by atoms with van der Waals surface area (Å²) in [6, 6.07) is 7.01. The molecule has 2 rings (SSSR count). The Morgan fingerprint density at radius 2 is 2.11 bits per heavy atom. The monoisotopic (exact) mass is 263 g/mol. The number of carbonyl (C=O) groups excluding carboxylic acids is 1. The molecule has 0 aliphatic carbocycles. The van der Waals surface area contributed by atoms with Crippen LogP contribution >= 0.6 is 11.6 Å². The molecule has 94 valence electrons. The van der Waals surface area contributed by atoms with Gasteiger partial charge in [-0.2, -0.15) is 0 Å². The Morgan fingerprint density at radius 3 is 2.83 bits per heavy atom. The molecule has 0 saturated carbocycles. The summed E-state index contributed by atoms with van der Waals surface area (Å²) in [4.78, 5) is 15.9. The van der Waals surface area contributed by atoms with E-state index in [4.69, 9.17) is 11.6 Å². The van der Waals surface area contributed by atoms with Crippen LogP contribution in [-0.2, 0) is 0 Å². The first kappa shape index (κ1) is 12.6. The smallest absolute Gasteiger partial charge is 0.319 e. The van der Waals surface area contributed by atoms with E-state index in [1.54, 1.807) is 18.3 Å². The van der Waals surface area contributed by atoms with E-state index >= 15 is 0 Å². The fourth-order valence-electron chi connectivity index (χ4n) is 1.66. The number of aromatic nitrogens is 1. The Kier molecular flexibility index (Phi) is 3.67. The number of fused-ring (bicyclic) bond motifs is 1. The third kappa shape index (κ3) is 2.71. The van der Waals surface area contributed by atoms with Gasteiger partial charge in [-0.1, -0.05) is 11.6 Å². The number of amides is 2. The zero-order chi connectivity index (χ0) is 13.1. The minimum Gasteiger partial charge on any atom is -0.336 e. The Balaban J connectivity index is 2.34. The molecule has 4 nitrogen and oxygen atoms in total. The van der Waals surface area contributed by atoms with Gasteiger partial charge < -0.3 is 10.6 Å². The van der Waals surface area contributed by atoms with Crippen LogP contribution in [0.3, 0.4) is 0 Å². The second kappa shape index (κ2) is 5.23. The molecule has 0 atom stereocenters. The van der Waals surface area contributed by atoms with Gasteiger partial charge in [0, 0.05) is 17.6 Å². The van der Waals surface area contributed by atoms with Crippen molar-refractivity contribution in [3.05, 3.63) is 35.5 Å². The van der Waals surface area contributed by atoms with Gasteiger partial charge in [-0.3, -0.25) is 4.98 Å². The number of anilines is 1. The third-order valence-electron chi connectivity index (χ3n) is 2.38. The topological polar surface area (TPSA) is 54.0 Å². The Labute approximate surface area is 110 Å². The summed E-state index contributed by atoms with van der Waals surface area (Å²) in [6.07, 6.45) is 1.67. The van der Waals surface area contributed by atoms with Crippen molar-refractivity contribution in [2.24, 2.45) is 0 Å². The van der Waals surface area contributed by atoms with Crippen molar-refractivity contribution in [3.8, 4) is 0 Å². The molecule has 2 aromatic rings. The highest BCUT2D eigenvalue weighted by atomic mass is 35.5. The van der Waals surface area contributed by atoms with Crippen LogP contribution in [-0.4, -0.2) is 17.1 Å². The van der Waals surface area contributed by atoms with Gasteiger partial charge in [0.2, 0.25) is 0 Å². The first-order chi connectivity index (χ1) is 8.58. The number of rotatable bonds is 2. The van der Waals surface area contributed by atoms with E-state index in [1.807, 2.05) is 26.0 Å². The zero-order valence-electron chi connectivity index (χ0n) is 10.2. The number of urea groups is 1. The third-order valence-corrected chi connectivity index (χ3v) is 2.71. The van der Waals surface area contributed by atoms with E-state index in [1.165, 1.54) is 0 Å². The van der Waals surface area contributed by atoms with E-state index < -0.39 is 0 Å². The fourth-order valence-corrected chi connectivity index (χ4v) is 1.87. The first-order valence-corrected chi connectivity index (χ1v) is 6.06. The largest absolute Gasteiger partial charge is 0.336 e. The van der Waals surface area contributed by atoms with Crippen molar-refractivity contribution in [1.82, 2.24) is 10.3 Å². The average Bonchev–Trinajstić information content (AvgIpc) is 2.32. The molecule has 0 saturated heterocycles. The van der Waals surface area contributed by atoms with Gasteiger partial charge in [-0.05, 0) is 38.1 Å². The predicted octanol–water partition coefficient (Wildman–Crippen LogP) is 3.42. The van der Waals surface area contributed by atoms with Crippen LogP contribution in [0.15, 0.2) is 30.5 Å². The van der Waals surface area contributed by atoms with Gasteiger partial charge in [-0.15, -0.1) is 0 Å². The number of halogens is 1. The van der Waals surface area contributed by atoms with Crippen molar-refractivity contribution in [2.45, 2.75) is 19.9 Å². The molecule has 1 heterocycles. The number of benzene rings is 1. The van der Waals surface area contributed by atoms with Crippen molar-refractivity contribution in [2.75, 3.05) is 5.32 Å². The van der Waals surface area contributed by atoms with E-state index in [0.717, 1.165) is 5.39 Å². The van der Waals surface area contributed by atoms with Crippen LogP contribution in [0, 0.1) is 0 Å². The van der Waals surface area contributed by atoms with Crippen LogP contribution < -0.4 is 10.6 Å². The van der Waals surface area contributed by atoms with Gasteiger partial charge in [-0.25, -0.2) is 4.79 Å². The SMILES string of the molecule is CC(C)NC(=O)Nc1ccc(Cl)c2cccnc12. The molecule has 0 unspecified atom stereocenters. The van der Waals surface area contributed by atoms with Gasteiger partial charge in [0.05, 0.1) is 16.2 Å². The van der Waals surface area contributed by atoms with E-state index in [9.17, 15) is 4.79 Å². The summed E-state index contributed by atoms with van der Waals surface area (Å²) in [5.74, 6) is 0. The lowest BCUT2D eigenvalue weighted by Crippen LogP contribution is -2.34. The molecule has 1 aromatic carbocycles. The van der Waals surface area contributed by atoms with E-state index in [0.29, 0.717) is 16.2 Å². The molecule has 0 radical (unpaired) electrons. The highest BCUT2D eigenvalue weighted by Gasteiger charge is 2.09. The predicted molar refractivity (Wildman–Crippen MR) is 74.0 cm³/mol. The lowest BCUT2D eigenvalue weighted by atomic mass is 10.2. The van der Waals surface area contributed by atoms with Crippen LogP contribution in [0.2, 0.25) is 5.02 Å². The zero-order valence-corrected chi connectivity index (χ0v) is 11.0. The standard InChI is InChI=1S/C13H14ClN3O/c1-8(2)16-13(18)17-11-6-5-10(14)9-4-3-7-15-12(9)11/h3-8H,1-2H3,(H2,16,17,18). The quantitative estimate of drug-likeness (QED) is 0.872. The average molecular weight is 264 g/mol. The summed E-state index contributed by atoms with van der Waals surface area (Å²) < 4.78 is 0. The summed E-state index contributed by atoms with van der Waals surface area (Å²) in [7, 11) is 0. The van der Waals surface area contributed by atoms with Crippen LogP contribution in [0.1, 0.15) is 13.8 Å². The van der Waals surface area contributed by atoms with Gasteiger partial charge in [0.1, 0.15) is 0 Å². The summed E-state index contributed by atoms with van der Waals surface area (Å²) >= 11 is 6.08. The van der Waals surface area contributed by atoms with E-state index in [-0.39, 0.29) is 12.1 Å². The van der Waals surface area contributed by atoms with Crippen molar-refractivity contribution in [3.63, 3.8) is 0 Å². The molecule has 5 heteroatoms. The molecule has 18 heavy (non-hydrogen) atoms. The van der Waals surface area contributed by atoms with Gasteiger partial charge >= 0.3 is 6.03 Å². The number of hydrogen-bond acceptors (Lipinski definition) is 2. The van der Waals surface area contributed by atoms with E-state index in [2.05, 4.69) is 15.6 Å². The lowest BCUT2D eigenvalue weighted by molar-refractivity contribution is 0.250. The molecule has 0 aliphatic heterocycles. The molecule has 1 aromatic heterocycles. The minimum atomic E-state index is -0.251. The second-order valence-electron chi connectivity index (χ2n) is 4.25. The Hall–Kier alpha value is -1.81. The number of nitrogens with zero attached hydrogens (tertiary/aromatic N) is 1. The van der Waals surface area contributed by atoms with Crippen LogP contribution in [0.4, 0.5) is 10.5 Å². The van der Waals surface area contributed by atoms with Gasteiger partial charge in [0.25, 0.3) is 0 Å². The Bertz CT molecular complexity index is 583. The minimum absolute atomic E-state index is 0.0801. The fraction of sp³-hybridized carbons (Fsp3) is 0.231. The molecule has 2 N–H and O–H groups in total. The normalized spacial score (nSPS) is 10.7. The number of hydrogen-bond donors (Lipinski definition) is 2. The lowest BCUT2D eigenvalue weighted by Gasteiger charge is -2.12. The molecular formula is C13H14ClN3O. The maximum absolute atomic E-state index is 11.7. The van der Waals surface area contributed by atoms with Crippen molar-refractivity contribution >= 4 is 34.2 Å². The summed E-state index contributed by atoms with van der Waals surface area (Å²) in [5.41, 5.74) is 1.33. The summed E-state index contributed by atoms with van der Waals surface area (Å²) in [5, 5.41) is 6.97. The van der Waals surface area contributed by atoms with Crippen LogP contribution in [0.25, 0.3) is 10.9 Å². The number of pyridine rings is 1. The number of carbonyl (C=O) groups is 1. The molecule has 0 spiro atoms. The Morgan fingerprint density at radius 1 is 1.33 bits per heavy atom. The maximum atomic E-state index is 11.7. The molecule has 2 amide bonds. The van der Waals surface area contributed by atoms with Crippen LogP contribution in [0.5, 0.6) is 0 Å². The molecule has 0 aliphatic rings. The molecule has 0 fully saturated rings. The second-order valence-corrected chi connectivity index (χ2v) is 4.65. The molecular weight excluding hydrogens is 250 g/mol. The first-order valence-electron chi connectivity index (χ1n) is 5.68. The van der Waals surface area contributed by atoms with Crippen molar-refractivity contribution in [1.29, 1.82) is 0 Å². The van der Waals surface area contributed by atoms with Gasteiger partial charge in [0.15, 0.2) is 0 Å². The molecule has 0 bridgehead atoms. The maximum Gasteiger partial charge on any atom is 0.319 e. The highest BCUT2D eigenvalue weighted by Crippen LogP contribution is 2.27.